The van der Waals surface area contributed by atoms with Gasteiger partial charge in [0.2, 0.25) is 0 Å². The van der Waals surface area contributed by atoms with Crippen molar-refractivity contribution in [2.45, 2.75) is 43.7 Å². The van der Waals surface area contributed by atoms with E-state index in [0.29, 0.717) is 5.92 Å². The van der Waals surface area contributed by atoms with Crippen LogP contribution in [0.15, 0.2) is 0 Å². The zero-order valence-corrected chi connectivity index (χ0v) is 10.6. The highest BCUT2D eigenvalue weighted by molar-refractivity contribution is 5.13. The van der Waals surface area contributed by atoms with Crippen molar-refractivity contribution in [1.82, 2.24) is 5.32 Å². The third-order valence-electron chi connectivity index (χ3n) is 4.17. The molecule has 1 heterocycles. The highest BCUT2D eigenvalue weighted by Crippen LogP contribution is 2.37. The molecule has 3 atom stereocenters. The molecule has 2 fully saturated rings. The molecular formula is C13H22N2O2. The maximum Gasteiger partial charge on any atom is 0.109 e. The first-order chi connectivity index (χ1) is 8.30. The zero-order valence-electron chi connectivity index (χ0n) is 10.6. The van der Waals surface area contributed by atoms with Crippen molar-refractivity contribution < 1.29 is 9.47 Å². The molecule has 0 aromatic rings. The molecule has 0 aromatic carbocycles. The molecule has 0 radical (unpaired) electrons. The maximum absolute atomic E-state index is 9.32. The van der Waals surface area contributed by atoms with Crippen molar-refractivity contribution in [3.63, 3.8) is 0 Å². The molecule has 1 saturated heterocycles. The molecule has 2 aliphatic rings. The van der Waals surface area contributed by atoms with Crippen molar-refractivity contribution in [3.05, 3.63) is 0 Å². The largest absolute Gasteiger partial charge is 0.379 e. The van der Waals surface area contributed by atoms with E-state index in [9.17, 15) is 5.26 Å². The lowest BCUT2D eigenvalue weighted by atomic mass is 9.86. The Bertz CT molecular complexity index is 284. The van der Waals surface area contributed by atoms with Crippen LogP contribution < -0.4 is 5.32 Å². The quantitative estimate of drug-likeness (QED) is 0.788. The molecule has 0 aromatic heterocycles. The van der Waals surface area contributed by atoms with Gasteiger partial charge in [0.05, 0.1) is 18.8 Å². The third kappa shape index (κ3) is 2.79. The summed E-state index contributed by atoms with van der Waals surface area (Å²) in [6.45, 7) is 2.32. The average molecular weight is 238 g/mol. The van der Waals surface area contributed by atoms with Gasteiger partial charge in [-0.2, -0.15) is 5.26 Å². The van der Waals surface area contributed by atoms with Crippen LogP contribution in [0.5, 0.6) is 0 Å². The molecule has 17 heavy (non-hydrogen) atoms. The van der Waals surface area contributed by atoms with Gasteiger partial charge in [-0.3, -0.25) is 0 Å². The van der Waals surface area contributed by atoms with Gasteiger partial charge < -0.3 is 14.8 Å². The van der Waals surface area contributed by atoms with Crippen LogP contribution in [0.25, 0.3) is 0 Å². The Labute approximate surface area is 103 Å². The van der Waals surface area contributed by atoms with Gasteiger partial charge in [-0.15, -0.1) is 0 Å². The topological polar surface area (TPSA) is 54.3 Å². The fraction of sp³-hybridized carbons (Fsp3) is 0.923. The fourth-order valence-corrected chi connectivity index (χ4v) is 3.02. The van der Waals surface area contributed by atoms with Crippen LogP contribution in [0.3, 0.4) is 0 Å². The molecule has 1 aliphatic carbocycles. The van der Waals surface area contributed by atoms with E-state index in [4.69, 9.17) is 9.47 Å². The Morgan fingerprint density at radius 3 is 3.06 bits per heavy atom. The second-order valence-electron chi connectivity index (χ2n) is 5.07. The van der Waals surface area contributed by atoms with Gasteiger partial charge in [0.25, 0.3) is 0 Å². The number of nitrogens with zero attached hydrogens (tertiary/aromatic N) is 1. The van der Waals surface area contributed by atoms with Crippen molar-refractivity contribution in [3.8, 4) is 6.07 Å². The van der Waals surface area contributed by atoms with E-state index in [1.54, 1.807) is 0 Å². The molecule has 0 bridgehead atoms. The molecule has 3 unspecified atom stereocenters. The van der Waals surface area contributed by atoms with E-state index in [1.807, 2.05) is 7.05 Å². The van der Waals surface area contributed by atoms with E-state index >= 15 is 0 Å². The predicted molar refractivity (Wildman–Crippen MR) is 64.5 cm³/mol. The first-order valence-electron chi connectivity index (χ1n) is 6.60. The maximum atomic E-state index is 9.32. The summed E-state index contributed by atoms with van der Waals surface area (Å²) in [6, 6.07) is 2.46. The summed E-state index contributed by atoms with van der Waals surface area (Å²) in [5, 5.41) is 12.5. The summed E-state index contributed by atoms with van der Waals surface area (Å²) in [6.07, 6.45) is 5.52. The number of rotatable bonds is 5. The summed E-state index contributed by atoms with van der Waals surface area (Å²) in [4.78, 5) is 0. The molecule has 4 heteroatoms. The summed E-state index contributed by atoms with van der Waals surface area (Å²) in [7, 11) is 1.90. The van der Waals surface area contributed by atoms with Crippen LogP contribution in [0.2, 0.25) is 0 Å². The van der Waals surface area contributed by atoms with Crippen LogP contribution >= 0.6 is 0 Å². The van der Waals surface area contributed by atoms with Gasteiger partial charge in [-0.25, -0.2) is 0 Å². The SMILES string of the molecule is CNC1(C#N)CCCC1CCOC1CCOC1. The Hall–Kier alpha value is -0.630. The Kier molecular flexibility index (Phi) is 4.38. The lowest BCUT2D eigenvalue weighted by molar-refractivity contribution is 0.0325. The lowest BCUT2D eigenvalue weighted by Gasteiger charge is -2.28. The van der Waals surface area contributed by atoms with Crippen LogP contribution in [0.1, 0.15) is 32.1 Å². The number of hydrogen-bond acceptors (Lipinski definition) is 4. The molecule has 0 amide bonds. The van der Waals surface area contributed by atoms with E-state index in [-0.39, 0.29) is 11.6 Å². The van der Waals surface area contributed by atoms with Crippen LogP contribution in [0.4, 0.5) is 0 Å². The summed E-state index contributed by atoms with van der Waals surface area (Å²) in [5.41, 5.74) is -0.310. The van der Waals surface area contributed by atoms with E-state index in [2.05, 4.69) is 11.4 Å². The van der Waals surface area contributed by atoms with E-state index in [1.165, 1.54) is 0 Å². The monoisotopic (exact) mass is 238 g/mol. The van der Waals surface area contributed by atoms with Crippen molar-refractivity contribution in [2.24, 2.45) is 5.92 Å². The van der Waals surface area contributed by atoms with Crippen molar-refractivity contribution in [2.75, 3.05) is 26.9 Å². The van der Waals surface area contributed by atoms with Gasteiger partial charge in [0.1, 0.15) is 5.54 Å². The van der Waals surface area contributed by atoms with E-state index < -0.39 is 0 Å². The minimum atomic E-state index is -0.310. The van der Waals surface area contributed by atoms with Gasteiger partial charge in [0.15, 0.2) is 0 Å². The molecule has 1 N–H and O–H groups in total. The third-order valence-corrected chi connectivity index (χ3v) is 4.17. The number of hydrogen-bond donors (Lipinski definition) is 1. The number of nitrogens with one attached hydrogen (secondary N) is 1. The first kappa shape index (κ1) is 12.8. The molecule has 96 valence electrons. The lowest BCUT2D eigenvalue weighted by Crippen LogP contribution is -2.45. The van der Waals surface area contributed by atoms with Crippen LogP contribution in [0, 0.1) is 17.2 Å². The summed E-state index contributed by atoms with van der Waals surface area (Å²) < 4.78 is 11.1. The van der Waals surface area contributed by atoms with E-state index in [0.717, 1.165) is 51.9 Å². The highest BCUT2D eigenvalue weighted by Gasteiger charge is 2.41. The van der Waals surface area contributed by atoms with Crippen molar-refractivity contribution in [1.29, 1.82) is 5.26 Å². The van der Waals surface area contributed by atoms with Crippen LogP contribution in [-0.4, -0.2) is 38.5 Å². The smallest absolute Gasteiger partial charge is 0.109 e. The van der Waals surface area contributed by atoms with Gasteiger partial charge in [0, 0.05) is 13.2 Å². The predicted octanol–water partition coefficient (Wildman–Crippen LogP) is 1.46. The molecule has 2 rings (SSSR count). The Morgan fingerprint density at radius 2 is 2.41 bits per heavy atom. The van der Waals surface area contributed by atoms with Crippen LogP contribution in [-0.2, 0) is 9.47 Å². The first-order valence-corrected chi connectivity index (χ1v) is 6.60. The van der Waals surface area contributed by atoms with Gasteiger partial charge in [-0.1, -0.05) is 6.42 Å². The van der Waals surface area contributed by atoms with Gasteiger partial charge in [-0.05, 0) is 38.6 Å². The second-order valence-corrected chi connectivity index (χ2v) is 5.07. The average Bonchev–Trinajstić information content (AvgIpc) is 2.99. The molecule has 1 saturated carbocycles. The number of nitriles is 1. The molecule has 4 nitrogen and oxygen atoms in total. The second kappa shape index (κ2) is 5.81. The van der Waals surface area contributed by atoms with Gasteiger partial charge >= 0.3 is 0 Å². The number of ether oxygens (including phenoxy) is 2. The summed E-state index contributed by atoms with van der Waals surface area (Å²) in [5.74, 6) is 0.430. The highest BCUT2D eigenvalue weighted by atomic mass is 16.5. The molecule has 1 aliphatic heterocycles. The minimum Gasteiger partial charge on any atom is -0.379 e. The fourth-order valence-electron chi connectivity index (χ4n) is 3.02. The minimum absolute atomic E-state index is 0.280. The Morgan fingerprint density at radius 1 is 1.53 bits per heavy atom. The zero-order chi connectivity index (χ0) is 12.1. The van der Waals surface area contributed by atoms with Crippen molar-refractivity contribution >= 4 is 0 Å². The standard InChI is InChI=1S/C13H22N2O2/c1-15-13(10-14)6-2-3-11(13)4-8-17-12-5-7-16-9-12/h11-12,15H,2-9H2,1H3. The summed E-state index contributed by atoms with van der Waals surface area (Å²) >= 11 is 0. The Balaban J connectivity index is 1.76. The normalized spacial score (nSPS) is 37.2. The molecule has 0 spiro atoms. The molecular weight excluding hydrogens is 216 g/mol.